The first-order valence-electron chi connectivity index (χ1n) is 6.92. The third kappa shape index (κ3) is 4.63. The van der Waals surface area contributed by atoms with Gasteiger partial charge in [0.1, 0.15) is 5.75 Å². The van der Waals surface area contributed by atoms with Crippen LogP contribution in [0.2, 0.25) is 0 Å². The van der Waals surface area contributed by atoms with Crippen molar-refractivity contribution in [3.63, 3.8) is 0 Å². The summed E-state index contributed by atoms with van der Waals surface area (Å²) >= 11 is 0. The summed E-state index contributed by atoms with van der Waals surface area (Å²) in [5.74, 6) is 0.269. The molecule has 2 aromatic carbocycles. The van der Waals surface area contributed by atoms with Crippen molar-refractivity contribution in [3.8, 4) is 5.75 Å². The van der Waals surface area contributed by atoms with Crippen LogP contribution in [0.3, 0.4) is 0 Å². The number of ether oxygens (including phenoxy) is 1. The van der Waals surface area contributed by atoms with Crippen molar-refractivity contribution in [2.45, 2.75) is 6.54 Å². The minimum Gasteiger partial charge on any atom is -0.497 e. The van der Waals surface area contributed by atoms with Crippen LogP contribution in [0, 0.1) is 0 Å². The molecule has 0 saturated carbocycles. The molecule has 0 atom stereocenters. The zero-order chi connectivity index (χ0) is 15.8. The van der Waals surface area contributed by atoms with Crippen molar-refractivity contribution >= 4 is 11.8 Å². The van der Waals surface area contributed by atoms with Crippen molar-refractivity contribution in [2.75, 3.05) is 13.7 Å². The maximum Gasteiger partial charge on any atom is 0.251 e. The highest BCUT2D eigenvalue weighted by Gasteiger charge is 2.07. The van der Waals surface area contributed by atoms with E-state index in [0.717, 1.165) is 11.3 Å². The number of benzene rings is 2. The highest BCUT2D eigenvalue weighted by molar-refractivity contribution is 5.96. The van der Waals surface area contributed by atoms with Gasteiger partial charge in [0, 0.05) is 12.1 Å². The maximum atomic E-state index is 11.8. The van der Waals surface area contributed by atoms with E-state index in [0.29, 0.717) is 12.1 Å². The Morgan fingerprint density at radius 1 is 0.955 bits per heavy atom. The predicted molar refractivity (Wildman–Crippen MR) is 83.6 cm³/mol. The van der Waals surface area contributed by atoms with Gasteiger partial charge in [0.15, 0.2) is 0 Å². The van der Waals surface area contributed by atoms with Gasteiger partial charge in [-0.05, 0) is 29.8 Å². The molecular weight excluding hydrogens is 280 g/mol. The molecule has 0 heterocycles. The summed E-state index contributed by atoms with van der Waals surface area (Å²) in [5, 5.41) is 5.33. The molecule has 0 aliphatic rings. The van der Waals surface area contributed by atoms with Gasteiger partial charge in [-0.1, -0.05) is 30.3 Å². The largest absolute Gasteiger partial charge is 0.497 e. The van der Waals surface area contributed by atoms with E-state index < -0.39 is 0 Å². The fourth-order valence-corrected chi connectivity index (χ4v) is 1.86. The Morgan fingerprint density at radius 2 is 1.64 bits per heavy atom. The summed E-state index contributed by atoms with van der Waals surface area (Å²) in [6, 6.07) is 16.2. The van der Waals surface area contributed by atoms with E-state index in [9.17, 15) is 9.59 Å². The minimum absolute atomic E-state index is 0.0517. The maximum absolute atomic E-state index is 11.8. The van der Waals surface area contributed by atoms with Gasteiger partial charge in [-0.2, -0.15) is 0 Å². The molecule has 2 rings (SSSR count). The van der Waals surface area contributed by atoms with Crippen LogP contribution < -0.4 is 15.4 Å². The molecule has 0 aliphatic carbocycles. The van der Waals surface area contributed by atoms with Crippen LogP contribution in [0.15, 0.2) is 54.6 Å². The molecule has 5 nitrogen and oxygen atoms in total. The Hall–Kier alpha value is -2.82. The molecule has 0 bridgehead atoms. The van der Waals surface area contributed by atoms with Crippen molar-refractivity contribution in [3.05, 3.63) is 65.7 Å². The second-order valence-electron chi connectivity index (χ2n) is 4.67. The van der Waals surface area contributed by atoms with Crippen molar-refractivity contribution in [2.24, 2.45) is 0 Å². The molecule has 0 radical (unpaired) electrons. The third-order valence-corrected chi connectivity index (χ3v) is 3.09. The number of amides is 2. The summed E-state index contributed by atoms with van der Waals surface area (Å²) < 4.78 is 5.07. The highest BCUT2D eigenvalue weighted by atomic mass is 16.5. The lowest BCUT2D eigenvalue weighted by molar-refractivity contribution is -0.120. The zero-order valence-corrected chi connectivity index (χ0v) is 12.3. The first-order valence-corrected chi connectivity index (χ1v) is 6.92. The van der Waals surface area contributed by atoms with Gasteiger partial charge in [0.2, 0.25) is 5.91 Å². The quantitative estimate of drug-likeness (QED) is 0.853. The topological polar surface area (TPSA) is 67.4 Å². The normalized spacial score (nSPS) is 9.86. The molecule has 22 heavy (non-hydrogen) atoms. The summed E-state index contributed by atoms with van der Waals surface area (Å²) in [6.07, 6.45) is 0. The van der Waals surface area contributed by atoms with Gasteiger partial charge >= 0.3 is 0 Å². The number of methoxy groups -OCH3 is 1. The number of carbonyl (C=O) groups excluding carboxylic acids is 2. The Morgan fingerprint density at radius 3 is 2.27 bits per heavy atom. The van der Waals surface area contributed by atoms with Gasteiger partial charge in [0.25, 0.3) is 5.91 Å². The fraction of sp³-hybridized carbons (Fsp3) is 0.176. The lowest BCUT2D eigenvalue weighted by Crippen LogP contribution is -2.36. The molecule has 114 valence electrons. The second-order valence-corrected chi connectivity index (χ2v) is 4.67. The molecule has 2 N–H and O–H groups in total. The van der Waals surface area contributed by atoms with E-state index in [1.807, 2.05) is 30.3 Å². The number of rotatable bonds is 6. The van der Waals surface area contributed by atoms with Crippen LogP contribution in [-0.2, 0) is 11.3 Å². The zero-order valence-electron chi connectivity index (χ0n) is 12.3. The fourth-order valence-electron chi connectivity index (χ4n) is 1.86. The highest BCUT2D eigenvalue weighted by Crippen LogP contribution is 2.10. The van der Waals surface area contributed by atoms with Crippen LogP contribution in [-0.4, -0.2) is 25.5 Å². The number of carbonyl (C=O) groups is 2. The Labute approximate surface area is 129 Å². The SMILES string of the molecule is COc1ccc(CNC(=O)CNC(=O)c2ccccc2)cc1. The smallest absolute Gasteiger partial charge is 0.251 e. The van der Waals surface area contributed by atoms with E-state index in [-0.39, 0.29) is 18.4 Å². The van der Waals surface area contributed by atoms with E-state index in [2.05, 4.69) is 10.6 Å². The average Bonchev–Trinajstić information content (AvgIpc) is 2.59. The van der Waals surface area contributed by atoms with Crippen LogP contribution >= 0.6 is 0 Å². The monoisotopic (exact) mass is 298 g/mol. The average molecular weight is 298 g/mol. The summed E-state index contributed by atoms with van der Waals surface area (Å²) in [5.41, 5.74) is 1.49. The predicted octanol–water partition coefficient (Wildman–Crippen LogP) is 1.74. The Bertz CT molecular complexity index is 624. The lowest BCUT2D eigenvalue weighted by atomic mass is 10.2. The van der Waals surface area contributed by atoms with Gasteiger partial charge in [-0.15, -0.1) is 0 Å². The molecular formula is C17H18N2O3. The molecule has 0 saturated heterocycles. The number of nitrogens with one attached hydrogen (secondary N) is 2. The first-order chi connectivity index (χ1) is 10.7. The summed E-state index contributed by atoms with van der Waals surface area (Å²) in [7, 11) is 1.60. The number of hydrogen-bond donors (Lipinski definition) is 2. The van der Waals surface area contributed by atoms with E-state index in [4.69, 9.17) is 4.74 Å². The minimum atomic E-state index is -0.264. The first kappa shape index (κ1) is 15.6. The molecule has 0 fully saturated rings. The Balaban J connectivity index is 1.74. The van der Waals surface area contributed by atoms with Crippen LogP contribution in [0.1, 0.15) is 15.9 Å². The van der Waals surface area contributed by atoms with Gasteiger partial charge in [0.05, 0.1) is 13.7 Å². The standard InChI is InChI=1S/C17H18N2O3/c1-22-15-9-7-13(8-10-15)11-18-16(20)12-19-17(21)14-5-3-2-4-6-14/h2-10H,11-12H2,1H3,(H,18,20)(H,19,21). The van der Waals surface area contributed by atoms with E-state index >= 15 is 0 Å². The molecule has 0 unspecified atom stereocenters. The van der Waals surface area contributed by atoms with Crippen LogP contribution in [0.5, 0.6) is 5.75 Å². The van der Waals surface area contributed by atoms with Gasteiger partial charge < -0.3 is 15.4 Å². The van der Waals surface area contributed by atoms with Gasteiger partial charge in [-0.25, -0.2) is 0 Å². The van der Waals surface area contributed by atoms with Crippen molar-refractivity contribution in [1.82, 2.24) is 10.6 Å². The molecule has 0 spiro atoms. The van der Waals surface area contributed by atoms with E-state index in [1.54, 1.807) is 31.4 Å². The van der Waals surface area contributed by atoms with Crippen LogP contribution in [0.25, 0.3) is 0 Å². The van der Waals surface area contributed by atoms with Gasteiger partial charge in [-0.3, -0.25) is 9.59 Å². The van der Waals surface area contributed by atoms with Crippen molar-refractivity contribution < 1.29 is 14.3 Å². The third-order valence-electron chi connectivity index (χ3n) is 3.09. The molecule has 0 aliphatic heterocycles. The Kier molecular flexibility index (Phi) is 5.54. The summed E-state index contributed by atoms with van der Waals surface area (Å²) in [4.78, 5) is 23.5. The second kappa shape index (κ2) is 7.83. The van der Waals surface area contributed by atoms with Crippen LogP contribution in [0.4, 0.5) is 0 Å². The lowest BCUT2D eigenvalue weighted by Gasteiger charge is -2.07. The summed E-state index contributed by atoms with van der Waals surface area (Å²) in [6.45, 7) is 0.355. The molecule has 2 amide bonds. The molecule has 2 aromatic rings. The molecule has 0 aromatic heterocycles. The molecule has 5 heteroatoms. The number of hydrogen-bond acceptors (Lipinski definition) is 3. The van der Waals surface area contributed by atoms with E-state index in [1.165, 1.54) is 0 Å². The van der Waals surface area contributed by atoms with Crippen molar-refractivity contribution in [1.29, 1.82) is 0 Å².